The van der Waals surface area contributed by atoms with E-state index in [0.717, 1.165) is 6.42 Å². The second-order valence-corrected chi connectivity index (χ2v) is 5.17. The molecule has 0 saturated heterocycles. The van der Waals surface area contributed by atoms with Gasteiger partial charge in [0.25, 0.3) is 0 Å². The van der Waals surface area contributed by atoms with Gasteiger partial charge in [0.15, 0.2) is 11.6 Å². The van der Waals surface area contributed by atoms with Crippen LogP contribution in [0.5, 0.6) is 5.75 Å². The summed E-state index contributed by atoms with van der Waals surface area (Å²) in [5.41, 5.74) is -1.08. The fraction of sp³-hybridized carbons (Fsp3) is 0.467. The van der Waals surface area contributed by atoms with Gasteiger partial charge >= 0.3 is 5.97 Å². The minimum absolute atomic E-state index is 0.152. The van der Waals surface area contributed by atoms with Gasteiger partial charge in [-0.1, -0.05) is 12.1 Å². The average molecular weight is 295 g/mol. The maximum absolute atomic E-state index is 13.3. The summed E-state index contributed by atoms with van der Waals surface area (Å²) in [7, 11) is 0. The standard InChI is InChI=1S/C15H18FNO4/c16-11-5-1-2-6-12(11)21-10-3-7-13(18)17-15(14(19)20)8-4-9-15/h1-2,5-6H,3-4,7-10H2,(H,17,18)(H,19,20). The van der Waals surface area contributed by atoms with Crippen LogP contribution in [0.2, 0.25) is 0 Å². The largest absolute Gasteiger partial charge is 0.491 e. The number of carboxylic acids is 1. The van der Waals surface area contributed by atoms with Crippen LogP contribution in [0, 0.1) is 5.82 Å². The molecule has 0 aromatic heterocycles. The van der Waals surface area contributed by atoms with Crippen molar-refractivity contribution in [1.82, 2.24) is 5.32 Å². The maximum Gasteiger partial charge on any atom is 0.329 e. The van der Waals surface area contributed by atoms with Gasteiger partial charge < -0.3 is 15.2 Å². The molecular formula is C15H18FNO4. The number of aliphatic carboxylic acids is 1. The zero-order chi connectivity index (χ0) is 15.3. The molecule has 2 N–H and O–H groups in total. The van der Waals surface area contributed by atoms with Gasteiger partial charge in [0.2, 0.25) is 5.91 Å². The third kappa shape index (κ3) is 3.71. The van der Waals surface area contributed by atoms with E-state index in [1.54, 1.807) is 12.1 Å². The molecule has 0 heterocycles. The number of ether oxygens (including phenoxy) is 1. The van der Waals surface area contributed by atoms with Crippen LogP contribution < -0.4 is 10.1 Å². The van der Waals surface area contributed by atoms with Gasteiger partial charge in [-0.3, -0.25) is 4.79 Å². The topological polar surface area (TPSA) is 75.6 Å². The summed E-state index contributed by atoms with van der Waals surface area (Å²) in [4.78, 5) is 22.8. The molecule has 0 atom stereocenters. The average Bonchev–Trinajstić information content (AvgIpc) is 2.40. The molecule has 1 saturated carbocycles. The predicted molar refractivity (Wildman–Crippen MR) is 73.5 cm³/mol. The van der Waals surface area contributed by atoms with E-state index in [2.05, 4.69) is 5.32 Å². The van der Waals surface area contributed by atoms with Gasteiger partial charge in [-0.2, -0.15) is 0 Å². The van der Waals surface area contributed by atoms with Crippen molar-refractivity contribution in [3.63, 3.8) is 0 Å². The highest BCUT2D eigenvalue weighted by Crippen LogP contribution is 2.32. The molecule has 1 amide bonds. The smallest absolute Gasteiger partial charge is 0.329 e. The number of carboxylic acid groups (broad SMARTS) is 1. The lowest BCUT2D eigenvalue weighted by atomic mass is 9.76. The Bertz CT molecular complexity index is 528. The lowest BCUT2D eigenvalue weighted by Crippen LogP contribution is -2.59. The van der Waals surface area contributed by atoms with E-state index < -0.39 is 17.3 Å². The van der Waals surface area contributed by atoms with Crippen molar-refractivity contribution < 1.29 is 23.8 Å². The number of amides is 1. The summed E-state index contributed by atoms with van der Waals surface area (Å²) in [5.74, 6) is -1.58. The lowest BCUT2D eigenvalue weighted by molar-refractivity contribution is -0.151. The number of para-hydroxylation sites is 1. The molecule has 0 bridgehead atoms. The number of carbonyl (C=O) groups is 2. The Morgan fingerprint density at radius 3 is 2.62 bits per heavy atom. The molecule has 1 aliphatic carbocycles. The molecule has 1 aliphatic rings. The van der Waals surface area contributed by atoms with E-state index in [1.165, 1.54) is 12.1 Å². The highest BCUT2D eigenvalue weighted by Gasteiger charge is 2.45. The Morgan fingerprint density at radius 2 is 2.05 bits per heavy atom. The first-order valence-electron chi connectivity index (χ1n) is 6.95. The van der Waals surface area contributed by atoms with Crippen molar-refractivity contribution in [1.29, 1.82) is 0 Å². The maximum atomic E-state index is 13.3. The normalized spacial score (nSPS) is 15.9. The molecule has 114 valence electrons. The molecule has 1 aromatic carbocycles. The fourth-order valence-electron chi connectivity index (χ4n) is 2.23. The lowest BCUT2D eigenvalue weighted by Gasteiger charge is -2.38. The van der Waals surface area contributed by atoms with Crippen LogP contribution in [0.25, 0.3) is 0 Å². The molecule has 21 heavy (non-hydrogen) atoms. The first-order valence-corrected chi connectivity index (χ1v) is 6.95. The van der Waals surface area contributed by atoms with Crippen LogP contribution in [0.4, 0.5) is 4.39 Å². The second kappa shape index (κ2) is 6.56. The SMILES string of the molecule is O=C(CCCOc1ccccc1F)NC1(C(=O)O)CCC1. The van der Waals surface area contributed by atoms with Gasteiger partial charge in [0.05, 0.1) is 6.61 Å². The van der Waals surface area contributed by atoms with E-state index in [4.69, 9.17) is 9.84 Å². The van der Waals surface area contributed by atoms with Crippen LogP contribution >= 0.6 is 0 Å². The molecule has 2 rings (SSSR count). The summed E-state index contributed by atoms with van der Waals surface area (Å²) in [6, 6.07) is 6.05. The zero-order valence-corrected chi connectivity index (χ0v) is 11.6. The molecule has 6 heteroatoms. The Kier molecular flexibility index (Phi) is 4.77. The highest BCUT2D eigenvalue weighted by molar-refractivity contribution is 5.87. The van der Waals surface area contributed by atoms with Crippen molar-refractivity contribution in [2.24, 2.45) is 0 Å². The number of halogens is 1. The van der Waals surface area contributed by atoms with Gasteiger partial charge in [-0.25, -0.2) is 9.18 Å². The number of benzene rings is 1. The quantitative estimate of drug-likeness (QED) is 0.755. The Hall–Kier alpha value is -2.11. The minimum Gasteiger partial charge on any atom is -0.491 e. The molecule has 0 radical (unpaired) electrons. The summed E-state index contributed by atoms with van der Waals surface area (Å²) in [6.45, 7) is 0.203. The second-order valence-electron chi connectivity index (χ2n) is 5.17. The number of nitrogens with one attached hydrogen (secondary N) is 1. The van der Waals surface area contributed by atoms with Crippen molar-refractivity contribution >= 4 is 11.9 Å². The van der Waals surface area contributed by atoms with Crippen molar-refractivity contribution in [2.45, 2.75) is 37.6 Å². The van der Waals surface area contributed by atoms with E-state index in [9.17, 15) is 14.0 Å². The molecular weight excluding hydrogens is 277 g/mol. The first kappa shape index (κ1) is 15.3. The molecule has 0 aliphatic heterocycles. The minimum atomic E-state index is -1.08. The van der Waals surface area contributed by atoms with Crippen molar-refractivity contribution in [2.75, 3.05) is 6.61 Å². The summed E-state index contributed by atoms with van der Waals surface area (Å²) < 4.78 is 18.5. The summed E-state index contributed by atoms with van der Waals surface area (Å²) in [6.07, 6.45) is 2.31. The van der Waals surface area contributed by atoms with Crippen LogP contribution in [-0.2, 0) is 9.59 Å². The Morgan fingerprint density at radius 1 is 1.33 bits per heavy atom. The Labute approximate surface area is 122 Å². The van der Waals surface area contributed by atoms with E-state index in [0.29, 0.717) is 19.3 Å². The number of hydrogen-bond donors (Lipinski definition) is 2. The summed E-state index contributed by atoms with van der Waals surface area (Å²) in [5, 5.41) is 11.7. The highest BCUT2D eigenvalue weighted by atomic mass is 19.1. The van der Waals surface area contributed by atoms with E-state index >= 15 is 0 Å². The van der Waals surface area contributed by atoms with Crippen molar-refractivity contribution in [3.05, 3.63) is 30.1 Å². The van der Waals surface area contributed by atoms with Crippen LogP contribution in [0.1, 0.15) is 32.1 Å². The van der Waals surface area contributed by atoms with Gasteiger partial charge in [0, 0.05) is 6.42 Å². The molecule has 0 spiro atoms. The monoisotopic (exact) mass is 295 g/mol. The summed E-state index contributed by atoms with van der Waals surface area (Å²) >= 11 is 0. The first-order chi connectivity index (χ1) is 10.0. The third-order valence-corrected chi connectivity index (χ3v) is 3.64. The molecule has 1 aromatic rings. The van der Waals surface area contributed by atoms with Crippen LogP contribution in [-0.4, -0.2) is 29.1 Å². The predicted octanol–water partition coefficient (Wildman–Crippen LogP) is 2.11. The molecule has 5 nitrogen and oxygen atoms in total. The van der Waals surface area contributed by atoms with Crippen LogP contribution in [0.15, 0.2) is 24.3 Å². The number of rotatable bonds is 7. The fourth-order valence-corrected chi connectivity index (χ4v) is 2.23. The van der Waals surface area contributed by atoms with Crippen LogP contribution in [0.3, 0.4) is 0 Å². The van der Waals surface area contributed by atoms with E-state index in [1.807, 2.05) is 0 Å². The Balaban J connectivity index is 1.70. The van der Waals surface area contributed by atoms with E-state index in [-0.39, 0.29) is 24.7 Å². The van der Waals surface area contributed by atoms with Crippen molar-refractivity contribution in [3.8, 4) is 5.75 Å². The zero-order valence-electron chi connectivity index (χ0n) is 11.6. The number of hydrogen-bond acceptors (Lipinski definition) is 3. The van der Waals surface area contributed by atoms with Gasteiger partial charge in [0.1, 0.15) is 5.54 Å². The van der Waals surface area contributed by atoms with Gasteiger partial charge in [-0.15, -0.1) is 0 Å². The molecule has 1 fully saturated rings. The number of carbonyl (C=O) groups excluding carboxylic acids is 1. The molecule has 0 unspecified atom stereocenters. The van der Waals surface area contributed by atoms with Gasteiger partial charge in [-0.05, 0) is 37.8 Å². The third-order valence-electron chi connectivity index (χ3n) is 3.64.